The summed E-state index contributed by atoms with van der Waals surface area (Å²) in [5, 5.41) is 9.10. The summed E-state index contributed by atoms with van der Waals surface area (Å²) in [7, 11) is 0. The van der Waals surface area contributed by atoms with Crippen LogP contribution >= 0.6 is 0 Å². The van der Waals surface area contributed by atoms with Crippen LogP contribution in [0, 0.1) is 6.92 Å². The Kier molecular flexibility index (Phi) is 7.56. The van der Waals surface area contributed by atoms with Crippen LogP contribution in [0.15, 0.2) is 66.7 Å². The van der Waals surface area contributed by atoms with Gasteiger partial charge >= 0.3 is 0 Å². The molecule has 0 N–H and O–H groups in total. The molecular formula is C29H32N4. The quantitative estimate of drug-likeness (QED) is 0.277. The maximum absolute atomic E-state index is 4.96. The zero-order valence-electron chi connectivity index (χ0n) is 19.9. The van der Waals surface area contributed by atoms with E-state index in [0.717, 1.165) is 46.7 Å². The Balaban J connectivity index is 1.75. The number of rotatable bonds is 9. The minimum atomic E-state index is 0.548. The van der Waals surface area contributed by atoms with Crippen LogP contribution in [0.4, 0.5) is 0 Å². The van der Waals surface area contributed by atoms with E-state index < -0.39 is 0 Å². The van der Waals surface area contributed by atoms with Crippen molar-refractivity contribution in [3.05, 3.63) is 83.6 Å². The number of pyridine rings is 1. The second-order valence-corrected chi connectivity index (χ2v) is 8.60. The second-order valence-electron chi connectivity index (χ2n) is 8.60. The zero-order chi connectivity index (χ0) is 23.0. The van der Waals surface area contributed by atoms with Crippen LogP contribution in [0.1, 0.15) is 56.4 Å². The standard InChI is InChI=1S/C29H32N4/c1-4-6-10-22-13-17-24(18-14-22)27-28(25-19-15-23(16-20-25)11-7-5-2)32-33-29(31-27)26-12-8-9-21(3)30-26/h8-9,12-20H,4-7,10-11H2,1-3H3. The van der Waals surface area contributed by atoms with Crippen LogP contribution in [0.25, 0.3) is 34.0 Å². The Bertz CT molecular complexity index is 1180. The van der Waals surface area contributed by atoms with E-state index in [1.54, 1.807) is 0 Å². The average Bonchev–Trinajstić information content (AvgIpc) is 2.86. The molecule has 0 saturated carbocycles. The fraction of sp³-hybridized carbons (Fsp3) is 0.310. The lowest BCUT2D eigenvalue weighted by molar-refractivity contribution is 0.795. The van der Waals surface area contributed by atoms with Crippen LogP contribution in [0.3, 0.4) is 0 Å². The highest BCUT2D eigenvalue weighted by Gasteiger charge is 2.15. The van der Waals surface area contributed by atoms with Crippen LogP contribution in [0.5, 0.6) is 0 Å². The predicted molar refractivity (Wildman–Crippen MR) is 136 cm³/mol. The van der Waals surface area contributed by atoms with E-state index in [2.05, 4.69) is 77.6 Å². The van der Waals surface area contributed by atoms with Gasteiger partial charge in [0.05, 0.1) is 0 Å². The molecule has 4 nitrogen and oxygen atoms in total. The van der Waals surface area contributed by atoms with Crippen LogP contribution < -0.4 is 0 Å². The summed E-state index contributed by atoms with van der Waals surface area (Å²) in [5.41, 5.74) is 8.10. The largest absolute Gasteiger partial charge is 0.250 e. The summed E-state index contributed by atoms with van der Waals surface area (Å²) in [4.78, 5) is 9.56. The molecule has 2 aromatic heterocycles. The first-order chi connectivity index (χ1) is 16.2. The van der Waals surface area contributed by atoms with E-state index in [0.29, 0.717) is 5.82 Å². The molecule has 0 aliphatic rings. The number of aromatic nitrogens is 4. The summed E-state index contributed by atoms with van der Waals surface area (Å²) >= 11 is 0. The van der Waals surface area contributed by atoms with Crippen molar-refractivity contribution in [1.82, 2.24) is 20.2 Å². The number of aryl methyl sites for hydroxylation is 3. The number of benzene rings is 2. The second kappa shape index (κ2) is 11.0. The van der Waals surface area contributed by atoms with Gasteiger partial charge in [-0.2, -0.15) is 0 Å². The first kappa shape index (κ1) is 22.8. The van der Waals surface area contributed by atoms with Gasteiger partial charge in [0.15, 0.2) is 0 Å². The van der Waals surface area contributed by atoms with Gasteiger partial charge in [-0.25, -0.2) is 9.97 Å². The van der Waals surface area contributed by atoms with Crippen LogP contribution in [-0.4, -0.2) is 20.2 Å². The molecule has 2 heterocycles. The molecule has 0 aliphatic carbocycles. The van der Waals surface area contributed by atoms with E-state index in [1.807, 2.05) is 25.1 Å². The Labute approximate surface area is 197 Å². The molecule has 0 aliphatic heterocycles. The highest BCUT2D eigenvalue weighted by atomic mass is 15.2. The lowest BCUT2D eigenvalue weighted by Gasteiger charge is -2.11. The van der Waals surface area contributed by atoms with Gasteiger partial charge in [0.25, 0.3) is 0 Å². The van der Waals surface area contributed by atoms with Gasteiger partial charge in [-0.3, -0.25) is 0 Å². The average molecular weight is 437 g/mol. The molecule has 0 fully saturated rings. The first-order valence-electron chi connectivity index (χ1n) is 12.0. The van der Waals surface area contributed by atoms with Crippen molar-refractivity contribution < 1.29 is 0 Å². The highest BCUT2D eigenvalue weighted by molar-refractivity contribution is 5.78. The SMILES string of the molecule is CCCCc1ccc(-c2nnc(-c3cccc(C)n3)nc2-c2ccc(CCCC)cc2)cc1. The lowest BCUT2D eigenvalue weighted by atomic mass is 10.00. The normalized spacial score (nSPS) is 11.0. The number of hydrogen-bond donors (Lipinski definition) is 0. The van der Waals surface area contributed by atoms with Crippen LogP contribution in [0.2, 0.25) is 0 Å². The minimum absolute atomic E-state index is 0.548. The number of unbranched alkanes of at least 4 members (excludes halogenated alkanes) is 2. The number of hydrogen-bond acceptors (Lipinski definition) is 4. The third-order valence-corrected chi connectivity index (χ3v) is 5.90. The van der Waals surface area contributed by atoms with Gasteiger partial charge in [0.1, 0.15) is 17.1 Å². The summed E-state index contributed by atoms with van der Waals surface area (Å²) in [5.74, 6) is 0.548. The molecule has 0 amide bonds. The Morgan fingerprint density at radius 2 is 1.18 bits per heavy atom. The maximum Gasteiger partial charge on any atom is 0.201 e. The van der Waals surface area contributed by atoms with Crippen molar-refractivity contribution in [3.63, 3.8) is 0 Å². The molecule has 0 bridgehead atoms. The molecule has 0 radical (unpaired) electrons. The first-order valence-corrected chi connectivity index (χ1v) is 12.0. The summed E-state index contributed by atoms with van der Waals surface area (Å²) in [6.07, 6.45) is 7.00. The monoisotopic (exact) mass is 436 g/mol. The third kappa shape index (κ3) is 5.70. The van der Waals surface area contributed by atoms with Crippen molar-refractivity contribution in [1.29, 1.82) is 0 Å². The molecule has 4 aromatic rings. The van der Waals surface area contributed by atoms with Crippen LogP contribution in [-0.2, 0) is 12.8 Å². The Morgan fingerprint density at radius 1 is 0.606 bits per heavy atom. The van der Waals surface area contributed by atoms with E-state index in [-0.39, 0.29) is 0 Å². The third-order valence-electron chi connectivity index (χ3n) is 5.90. The smallest absolute Gasteiger partial charge is 0.201 e. The predicted octanol–water partition coefficient (Wildman–Crippen LogP) is 7.26. The molecular weight excluding hydrogens is 404 g/mol. The maximum atomic E-state index is 4.96. The molecule has 33 heavy (non-hydrogen) atoms. The van der Waals surface area contributed by atoms with Gasteiger partial charge in [0, 0.05) is 16.8 Å². The van der Waals surface area contributed by atoms with Gasteiger partial charge in [-0.1, -0.05) is 81.3 Å². The van der Waals surface area contributed by atoms with Gasteiger partial charge < -0.3 is 0 Å². The molecule has 0 spiro atoms. The summed E-state index contributed by atoms with van der Waals surface area (Å²) in [6, 6.07) is 23.3. The van der Waals surface area contributed by atoms with Crippen molar-refractivity contribution in [2.75, 3.05) is 0 Å². The molecule has 0 atom stereocenters. The highest BCUT2D eigenvalue weighted by Crippen LogP contribution is 2.30. The molecule has 4 heteroatoms. The van der Waals surface area contributed by atoms with Gasteiger partial charge in [-0.15, -0.1) is 10.2 Å². The Morgan fingerprint density at radius 3 is 1.73 bits per heavy atom. The fourth-order valence-corrected chi connectivity index (χ4v) is 3.92. The van der Waals surface area contributed by atoms with Gasteiger partial charge in [0.2, 0.25) is 5.82 Å². The van der Waals surface area contributed by atoms with Crippen molar-refractivity contribution >= 4 is 0 Å². The van der Waals surface area contributed by atoms with Crippen molar-refractivity contribution in [3.8, 4) is 34.0 Å². The van der Waals surface area contributed by atoms with E-state index in [1.165, 1.54) is 36.8 Å². The minimum Gasteiger partial charge on any atom is -0.250 e. The summed E-state index contributed by atoms with van der Waals surface area (Å²) in [6.45, 7) is 6.42. The molecule has 168 valence electrons. The van der Waals surface area contributed by atoms with Crippen molar-refractivity contribution in [2.24, 2.45) is 0 Å². The molecule has 2 aromatic carbocycles. The van der Waals surface area contributed by atoms with Crippen molar-refractivity contribution in [2.45, 2.75) is 59.3 Å². The Hall–Kier alpha value is -3.40. The lowest BCUT2D eigenvalue weighted by Crippen LogP contribution is -2.01. The zero-order valence-corrected chi connectivity index (χ0v) is 19.9. The number of nitrogens with zero attached hydrogens (tertiary/aromatic N) is 4. The fourth-order valence-electron chi connectivity index (χ4n) is 3.92. The van der Waals surface area contributed by atoms with E-state index >= 15 is 0 Å². The summed E-state index contributed by atoms with van der Waals surface area (Å²) < 4.78 is 0. The van der Waals surface area contributed by atoms with Gasteiger partial charge in [-0.05, 0) is 55.9 Å². The van der Waals surface area contributed by atoms with E-state index in [4.69, 9.17) is 4.98 Å². The molecule has 4 rings (SSSR count). The molecule has 0 saturated heterocycles. The van der Waals surface area contributed by atoms with E-state index in [9.17, 15) is 0 Å². The topological polar surface area (TPSA) is 51.6 Å². The molecule has 0 unspecified atom stereocenters.